The van der Waals surface area contributed by atoms with Crippen molar-refractivity contribution < 1.29 is 19.4 Å². The Hall–Kier alpha value is -2.24. The van der Waals surface area contributed by atoms with Gasteiger partial charge >= 0.3 is 5.97 Å². The number of benzene rings is 2. The zero-order valence-electron chi connectivity index (χ0n) is 14.4. The van der Waals surface area contributed by atoms with E-state index in [1.54, 1.807) is 24.3 Å². The molecule has 0 aliphatic rings. The van der Waals surface area contributed by atoms with Gasteiger partial charge < -0.3 is 15.2 Å². The second-order valence-electron chi connectivity index (χ2n) is 6.19. The highest BCUT2D eigenvalue weighted by molar-refractivity contribution is 6.36. The first-order chi connectivity index (χ1) is 12.2. The van der Waals surface area contributed by atoms with Crippen molar-refractivity contribution in [1.82, 2.24) is 5.32 Å². The zero-order chi connectivity index (χ0) is 19.3. The lowest BCUT2D eigenvalue weighted by Crippen LogP contribution is -2.37. The summed E-state index contributed by atoms with van der Waals surface area (Å²) in [5, 5.41) is 12.6. The van der Waals surface area contributed by atoms with Gasteiger partial charge in [0, 0.05) is 11.6 Å². The first-order valence-electron chi connectivity index (χ1n) is 7.93. The SMILES string of the molecule is CC(C)(Oc1ccc(CCNC(=O)c2ccc(Cl)cc2Cl)cc1)C(=O)O. The van der Waals surface area contributed by atoms with Crippen LogP contribution in [0.5, 0.6) is 5.75 Å². The molecule has 0 atom stereocenters. The molecule has 5 nitrogen and oxygen atoms in total. The molecule has 26 heavy (non-hydrogen) atoms. The minimum Gasteiger partial charge on any atom is -0.478 e. The fourth-order valence-corrected chi connectivity index (χ4v) is 2.65. The smallest absolute Gasteiger partial charge is 0.347 e. The van der Waals surface area contributed by atoms with E-state index in [1.165, 1.54) is 19.9 Å². The molecule has 0 heterocycles. The van der Waals surface area contributed by atoms with Crippen molar-refractivity contribution in [2.24, 2.45) is 0 Å². The minimum atomic E-state index is -1.30. The quantitative estimate of drug-likeness (QED) is 0.735. The van der Waals surface area contributed by atoms with Crippen LogP contribution in [-0.4, -0.2) is 29.1 Å². The molecule has 0 fully saturated rings. The Kier molecular flexibility index (Phi) is 6.51. The molecule has 1 amide bonds. The Bertz CT molecular complexity index is 804. The highest BCUT2D eigenvalue weighted by atomic mass is 35.5. The number of hydrogen-bond donors (Lipinski definition) is 2. The van der Waals surface area contributed by atoms with E-state index in [1.807, 2.05) is 12.1 Å². The molecule has 0 spiro atoms. The second-order valence-corrected chi connectivity index (χ2v) is 7.04. The highest BCUT2D eigenvalue weighted by Gasteiger charge is 2.29. The van der Waals surface area contributed by atoms with Crippen LogP contribution in [0.2, 0.25) is 10.0 Å². The number of rotatable bonds is 7. The normalized spacial score (nSPS) is 11.1. The van der Waals surface area contributed by atoms with E-state index >= 15 is 0 Å². The van der Waals surface area contributed by atoms with Crippen LogP contribution < -0.4 is 10.1 Å². The molecule has 0 radical (unpaired) electrons. The van der Waals surface area contributed by atoms with E-state index < -0.39 is 11.6 Å². The summed E-state index contributed by atoms with van der Waals surface area (Å²) in [6.45, 7) is 3.40. The van der Waals surface area contributed by atoms with E-state index in [4.69, 9.17) is 33.0 Å². The number of carbonyl (C=O) groups is 2. The van der Waals surface area contributed by atoms with Gasteiger partial charge in [-0.25, -0.2) is 4.79 Å². The average Bonchev–Trinajstić information content (AvgIpc) is 2.56. The van der Waals surface area contributed by atoms with E-state index in [2.05, 4.69) is 5.32 Å². The van der Waals surface area contributed by atoms with E-state index in [-0.39, 0.29) is 5.91 Å². The van der Waals surface area contributed by atoms with Gasteiger partial charge in [0.15, 0.2) is 5.60 Å². The maximum Gasteiger partial charge on any atom is 0.347 e. The molecule has 7 heteroatoms. The Morgan fingerprint density at radius 3 is 2.35 bits per heavy atom. The average molecular weight is 396 g/mol. The predicted molar refractivity (Wildman–Crippen MR) is 101 cm³/mol. The molecule has 138 valence electrons. The summed E-state index contributed by atoms with van der Waals surface area (Å²) in [5.41, 5.74) is 0.0524. The van der Waals surface area contributed by atoms with E-state index in [9.17, 15) is 9.59 Å². The molecule has 0 aliphatic heterocycles. The minimum absolute atomic E-state index is 0.269. The number of carbonyl (C=O) groups excluding carboxylic acids is 1. The molecule has 0 saturated carbocycles. The zero-order valence-corrected chi connectivity index (χ0v) is 15.9. The van der Waals surface area contributed by atoms with Gasteiger partial charge in [0.25, 0.3) is 5.91 Å². The van der Waals surface area contributed by atoms with Crippen LogP contribution >= 0.6 is 23.2 Å². The van der Waals surface area contributed by atoms with Crippen molar-refractivity contribution in [1.29, 1.82) is 0 Å². The largest absolute Gasteiger partial charge is 0.478 e. The summed E-state index contributed by atoms with van der Waals surface area (Å²) in [5.74, 6) is -0.835. The number of ether oxygens (including phenoxy) is 1. The molecule has 0 saturated heterocycles. The lowest BCUT2D eigenvalue weighted by molar-refractivity contribution is -0.152. The summed E-state index contributed by atoms with van der Waals surface area (Å²) < 4.78 is 5.45. The van der Waals surface area contributed by atoms with Gasteiger partial charge in [0.1, 0.15) is 5.75 Å². The van der Waals surface area contributed by atoms with Crippen LogP contribution in [0.1, 0.15) is 29.8 Å². The Balaban J connectivity index is 1.88. The van der Waals surface area contributed by atoms with Crippen LogP contribution in [0.4, 0.5) is 0 Å². The van der Waals surface area contributed by atoms with Gasteiger partial charge in [-0.3, -0.25) is 4.79 Å². The third-order valence-corrected chi connectivity index (χ3v) is 4.23. The third kappa shape index (κ3) is 5.38. The van der Waals surface area contributed by atoms with Crippen molar-refractivity contribution in [3.63, 3.8) is 0 Å². The summed E-state index contributed by atoms with van der Waals surface area (Å²) in [7, 11) is 0. The monoisotopic (exact) mass is 395 g/mol. The van der Waals surface area contributed by atoms with Crippen molar-refractivity contribution in [3.8, 4) is 5.75 Å². The van der Waals surface area contributed by atoms with Gasteiger partial charge in [-0.15, -0.1) is 0 Å². The fraction of sp³-hybridized carbons (Fsp3) is 0.263. The van der Waals surface area contributed by atoms with Crippen LogP contribution in [0, 0.1) is 0 Å². The number of carboxylic acid groups (broad SMARTS) is 1. The van der Waals surface area contributed by atoms with Crippen LogP contribution in [-0.2, 0) is 11.2 Å². The first-order valence-corrected chi connectivity index (χ1v) is 8.69. The van der Waals surface area contributed by atoms with Crippen molar-refractivity contribution in [3.05, 3.63) is 63.6 Å². The van der Waals surface area contributed by atoms with Gasteiger partial charge in [0.2, 0.25) is 0 Å². The number of hydrogen-bond acceptors (Lipinski definition) is 3. The molecular formula is C19H19Cl2NO4. The standard InChI is InChI=1S/C19H19Cl2NO4/c1-19(2,18(24)25)26-14-6-3-12(4-7-14)9-10-22-17(23)15-8-5-13(20)11-16(15)21/h3-8,11H,9-10H2,1-2H3,(H,22,23)(H,24,25). The lowest BCUT2D eigenvalue weighted by Gasteiger charge is -2.21. The summed E-state index contributed by atoms with van der Waals surface area (Å²) in [6.07, 6.45) is 0.611. The number of carboxylic acids is 1. The molecule has 2 aromatic carbocycles. The summed E-state index contributed by atoms with van der Waals surface area (Å²) in [6, 6.07) is 11.8. The van der Waals surface area contributed by atoms with Gasteiger partial charge in [0.05, 0.1) is 10.6 Å². The maximum absolute atomic E-state index is 12.1. The Morgan fingerprint density at radius 2 is 1.77 bits per heavy atom. The van der Waals surface area contributed by atoms with Gasteiger partial charge in [-0.05, 0) is 56.2 Å². The number of amides is 1. The van der Waals surface area contributed by atoms with Crippen LogP contribution in [0.3, 0.4) is 0 Å². The first kappa shape index (κ1) is 20.1. The van der Waals surface area contributed by atoms with Crippen LogP contribution in [0.25, 0.3) is 0 Å². The molecule has 2 aromatic rings. The number of halogens is 2. The second kappa shape index (κ2) is 8.43. The predicted octanol–water partition coefficient (Wildman–Crippen LogP) is 4.21. The molecule has 2 N–H and O–H groups in total. The Labute approximate surface area is 161 Å². The van der Waals surface area contributed by atoms with Crippen molar-refractivity contribution in [2.75, 3.05) is 6.54 Å². The molecule has 0 unspecified atom stereocenters. The lowest BCUT2D eigenvalue weighted by atomic mass is 10.1. The molecule has 0 bridgehead atoms. The summed E-state index contributed by atoms with van der Waals surface area (Å²) >= 11 is 11.8. The van der Waals surface area contributed by atoms with Crippen molar-refractivity contribution >= 4 is 35.1 Å². The van der Waals surface area contributed by atoms with Crippen LogP contribution in [0.15, 0.2) is 42.5 Å². The maximum atomic E-state index is 12.1. The molecular weight excluding hydrogens is 377 g/mol. The van der Waals surface area contributed by atoms with E-state index in [0.717, 1.165) is 5.56 Å². The summed E-state index contributed by atoms with van der Waals surface area (Å²) in [4.78, 5) is 23.2. The Morgan fingerprint density at radius 1 is 1.12 bits per heavy atom. The van der Waals surface area contributed by atoms with Gasteiger partial charge in [-0.2, -0.15) is 0 Å². The number of nitrogens with one attached hydrogen (secondary N) is 1. The van der Waals surface area contributed by atoms with E-state index in [0.29, 0.717) is 34.3 Å². The highest BCUT2D eigenvalue weighted by Crippen LogP contribution is 2.21. The van der Waals surface area contributed by atoms with Gasteiger partial charge in [-0.1, -0.05) is 35.3 Å². The number of aliphatic carboxylic acids is 1. The third-order valence-electron chi connectivity index (χ3n) is 3.69. The fourth-order valence-electron chi connectivity index (χ4n) is 2.15. The molecule has 2 rings (SSSR count). The molecule has 0 aliphatic carbocycles. The molecule has 0 aromatic heterocycles. The van der Waals surface area contributed by atoms with Crippen molar-refractivity contribution in [2.45, 2.75) is 25.9 Å². The topological polar surface area (TPSA) is 75.6 Å².